The van der Waals surface area contributed by atoms with Gasteiger partial charge in [0.25, 0.3) is 5.91 Å². The number of ether oxygens (including phenoxy) is 2. The number of esters is 1. The highest BCUT2D eigenvalue weighted by atomic mass is 19.1. The average Bonchev–Trinajstić information content (AvgIpc) is 3.58. The summed E-state index contributed by atoms with van der Waals surface area (Å²) < 4.78 is 27.4. The van der Waals surface area contributed by atoms with Crippen molar-refractivity contribution in [3.05, 3.63) is 29.1 Å². The Bertz CT molecular complexity index is 1030. The van der Waals surface area contributed by atoms with Gasteiger partial charge >= 0.3 is 5.97 Å². The topological polar surface area (TPSA) is 64.6 Å². The maximum atomic E-state index is 15.4. The van der Waals surface area contributed by atoms with E-state index in [2.05, 4.69) is 5.32 Å². The first-order valence-corrected chi connectivity index (χ1v) is 14.2. The Morgan fingerprint density at radius 1 is 1.00 bits per heavy atom. The molecule has 6 heteroatoms. The molecule has 1 amide bonds. The third kappa shape index (κ3) is 5.83. The number of carbonyl (C=O) groups excluding carboxylic acids is 2. The highest BCUT2D eigenvalue weighted by Crippen LogP contribution is 2.60. The minimum atomic E-state index is -0.907. The minimum Gasteiger partial charge on any atom is -0.493 e. The summed E-state index contributed by atoms with van der Waals surface area (Å²) in [7, 11) is 0. The Hall–Kier alpha value is -2.11. The lowest BCUT2D eigenvalue weighted by Crippen LogP contribution is -2.51. The van der Waals surface area contributed by atoms with Crippen molar-refractivity contribution in [1.29, 1.82) is 0 Å². The van der Waals surface area contributed by atoms with E-state index < -0.39 is 34.8 Å². The summed E-state index contributed by atoms with van der Waals surface area (Å²) in [5.41, 5.74) is -0.182. The van der Waals surface area contributed by atoms with Crippen LogP contribution in [0, 0.1) is 34.4 Å². The van der Waals surface area contributed by atoms with Gasteiger partial charge in [-0.15, -0.1) is 0 Å². The van der Waals surface area contributed by atoms with Gasteiger partial charge in [0.05, 0.1) is 12.2 Å². The molecule has 0 aromatic heterocycles. The molecule has 0 heterocycles. The predicted octanol–water partition coefficient (Wildman–Crippen LogP) is 6.78. The summed E-state index contributed by atoms with van der Waals surface area (Å²) in [6, 6.07) is 2.16. The van der Waals surface area contributed by atoms with Crippen LogP contribution in [0.25, 0.3) is 0 Å². The molecule has 37 heavy (non-hydrogen) atoms. The fraction of sp³-hybridized carbons (Fsp3) is 0.742. The second kappa shape index (κ2) is 9.27. The molecule has 4 bridgehead atoms. The van der Waals surface area contributed by atoms with E-state index in [1.807, 2.05) is 20.8 Å². The van der Waals surface area contributed by atoms with Gasteiger partial charge in [0.15, 0.2) is 0 Å². The number of halogens is 1. The number of carbonyl (C=O) groups is 2. The van der Waals surface area contributed by atoms with Crippen molar-refractivity contribution in [1.82, 2.24) is 5.32 Å². The van der Waals surface area contributed by atoms with Crippen LogP contribution in [0.15, 0.2) is 12.1 Å². The lowest BCUT2D eigenvalue weighted by Gasteiger charge is -2.56. The maximum Gasteiger partial charge on any atom is 0.329 e. The summed E-state index contributed by atoms with van der Waals surface area (Å²) in [5, 5.41) is 2.77. The molecule has 1 aromatic rings. The molecule has 1 N–H and O–H groups in total. The summed E-state index contributed by atoms with van der Waals surface area (Å²) in [5.74, 6) is 1.65. The fourth-order valence-corrected chi connectivity index (χ4v) is 7.48. The van der Waals surface area contributed by atoms with Crippen LogP contribution in [0.3, 0.4) is 0 Å². The Balaban J connectivity index is 1.34. The highest BCUT2D eigenvalue weighted by Gasteiger charge is 2.51. The van der Waals surface area contributed by atoms with Gasteiger partial charge in [0.1, 0.15) is 23.2 Å². The van der Waals surface area contributed by atoms with Crippen LogP contribution in [-0.2, 0) is 9.53 Å². The number of hydrogen-bond acceptors (Lipinski definition) is 4. The van der Waals surface area contributed by atoms with Crippen molar-refractivity contribution in [2.75, 3.05) is 6.61 Å². The second-order valence-electron chi connectivity index (χ2n) is 14.7. The van der Waals surface area contributed by atoms with E-state index >= 15 is 4.39 Å². The first-order valence-electron chi connectivity index (χ1n) is 14.2. The van der Waals surface area contributed by atoms with Crippen molar-refractivity contribution in [2.24, 2.45) is 28.6 Å². The van der Waals surface area contributed by atoms with E-state index in [4.69, 9.17) is 9.47 Å². The van der Waals surface area contributed by atoms with Gasteiger partial charge in [-0.1, -0.05) is 20.8 Å². The molecule has 5 nitrogen and oxygen atoms in total. The number of amides is 1. The van der Waals surface area contributed by atoms with E-state index in [9.17, 15) is 9.59 Å². The molecule has 0 spiro atoms. The molecule has 5 aliphatic rings. The van der Waals surface area contributed by atoms with Crippen LogP contribution >= 0.6 is 0 Å². The molecular formula is C31H44FNO4. The highest BCUT2D eigenvalue weighted by molar-refractivity contribution is 5.97. The molecule has 0 aliphatic heterocycles. The van der Waals surface area contributed by atoms with E-state index in [0.29, 0.717) is 18.3 Å². The first kappa shape index (κ1) is 26.5. The van der Waals surface area contributed by atoms with Gasteiger partial charge in [0.2, 0.25) is 0 Å². The molecule has 0 radical (unpaired) electrons. The molecule has 5 fully saturated rings. The van der Waals surface area contributed by atoms with Crippen LogP contribution in [0.4, 0.5) is 4.39 Å². The Morgan fingerprint density at radius 3 is 2.05 bits per heavy atom. The van der Waals surface area contributed by atoms with Crippen molar-refractivity contribution in [3.8, 4) is 5.75 Å². The quantitative estimate of drug-likeness (QED) is 0.408. The number of nitrogens with one attached hydrogen (secondary N) is 1. The van der Waals surface area contributed by atoms with Gasteiger partial charge in [-0.05, 0) is 113 Å². The summed E-state index contributed by atoms with van der Waals surface area (Å²) in [4.78, 5) is 26.2. The van der Waals surface area contributed by atoms with Crippen LogP contribution in [-0.4, -0.2) is 30.1 Å². The standard InChI is InChI=1S/C31H44FNO4/c1-29(2,3)26(28(35)37-30(4,5)6)33-27(34)23-12-22(21-7-8-21)25(13-24(23)32)36-17-31-14-18-9-19(15-31)11-20(10-18)16-31/h12-13,18-21,26H,7-11,14-17H2,1-6H3,(H,33,34)/t18?,19?,20?,26-,31?/m1/s1. The zero-order chi connectivity index (χ0) is 26.8. The summed E-state index contributed by atoms with van der Waals surface area (Å²) >= 11 is 0. The van der Waals surface area contributed by atoms with Gasteiger partial charge in [-0.2, -0.15) is 0 Å². The fourth-order valence-electron chi connectivity index (χ4n) is 7.48. The minimum absolute atomic E-state index is 0.0399. The molecule has 1 atom stereocenters. The number of rotatable bonds is 7. The van der Waals surface area contributed by atoms with Crippen molar-refractivity contribution < 1.29 is 23.5 Å². The van der Waals surface area contributed by atoms with Crippen LogP contribution in [0.1, 0.15) is 115 Å². The monoisotopic (exact) mass is 513 g/mol. The summed E-state index contributed by atoms with van der Waals surface area (Å²) in [6.07, 6.45) is 9.88. The van der Waals surface area contributed by atoms with Gasteiger partial charge < -0.3 is 14.8 Å². The lowest BCUT2D eigenvalue weighted by molar-refractivity contribution is -0.160. The van der Waals surface area contributed by atoms with Crippen LogP contribution < -0.4 is 10.1 Å². The molecular weight excluding hydrogens is 469 g/mol. The largest absolute Gasteiger partial charge is 0.493 e. The Kier molecular flexibility index (Phi) is 6.64. The molecule has 0 unspecified atom stereocenters. The van der Waals surface area contributed by atoms with E-state index in [1.54, 1.807) is 26.8 Å². The lowest BCUT2D eigenvalue weighted by atomic mass is 9.50. The van der Waals surface area contributed by atoms with Crippen molar-refractivity contribution in [3.63, 3.8) is 0 Å². The third-order valence-corrected chi connectivity index (χ3v) is 8.84. The maximum absolute atomic E-state index is 15.4. The van der Waals surface area contributed by atoms with Gasteiger partial charge in [-0.25, -0.2) is 9.18 Å². The second-order valence-corrected chi connectivity index (χ2v) is 14.7. The van der Waals surface area contributed by atoms with Gasteiger partial charge in [-0.3, -0.25) is 4.79 Å². The van der Waals surface area contributed by atoms with Crippen molar-refractivity contribution >= 4 is 11.9 Å². The number of benzene rings is 1. The molecule has 204 valence electrons. The molecule has 5 aliphatic carbocycles. The van der Waals surface area contributed by atoms with Crippen LogP contribution in [0.2, 0.25) is 0 Å². The zero-order valence-corrected chi connectivity index (χ0v) is 23.4. The third-order valence-electron chi connectivity index (χ3n) is 8.84. The molecule has 5 saturated carbocycles. The zero-order valence-electron chi connectivity index (χ0n) is 23.4. The Labute approximate surface area is 221 Å². The normalized spacial score (nSPS) is 29.6. The van der Waals surface area contributed by atoms with E-state index in [-0.39, 0.29) is 11.0 Å². The van der Waals surface area contributed by atoms with Crippen molar-refractivity contribution in [2.45, 2.75) is 110 Å². The smallest absolute Gasteiger partial charge is 0.329 e. The van der Waals surface area contributed by atoms with E-state index in [0.717, 1.165) is 36.2 Å². The molecule has 0 saturated heterocycles. The van der Waals surface area contributed by atoms with Crippen LogP contribution in [0.5, 0.6) is 5.75 Å². The van der Waals surface area contributed by atoms with E-state index in [1.165, 1.54) is 44.6 Å². The van der Waals surface area contributed by atoms with Gasteiger partial charge in [0, 0.05) is 11.5 Å². The predicted molar refractivity (Wildman–Crippen MR) is 141 cm³/mol. The Morgan fingerprint density at radius 2 is 1.57 bits per heavy atom. The number of hydrogen-bond donors (Lipinski definition) is 1. The summed E-state index contributed by atoms with van der Waals surface area (Å²) in [6.45, 7) is 11.6. The SMILES string of the molecule is CC(C)(C)OC(=O)[C@@H](NC(=O)c1cc(C2CC2)c(OCC23CC4CC(CC(C4)C2)C3)cc1F)C(C)(C)C. The molecule has 1 aromatic carbocycles. The molecule has 6 rings (SSSR count). The average molecular weight is 514 g/mol. The first-order chi connectivity index (χ1) is 17.2.